The summed E-state index contributed by atoms with van der Waals surface area (Å²) in [5, 5.41) is 7.15. The monoisotopic (exact) mass is 758 g/mol. The number of hydrogen-bond acceptors (Lipinski definition) is 11. The number of fused-ring (bicyclic) bond motifs is 1. The van der Waals surface area contributed by atoms with Crippen LogP contribution in [0.15, 0.2) is 55.5 Å². The van der Waals surface area contributed by atoms with E-state index < -0.39 is 68.1 Å². The molecule has 1 saturated heterocycles. The number of pyridine rings is 2. The molecule has 1 aromatic carbocycles. The van der Waals surface area contributed by atoms with Crippen LogP contribution in [0.4, 0.5) is 5.69 Å². The van der Waals surface area contributed by atoms with Crippen LogP contribution in [0.3, 0.4) is 0 Å². The summed E-state index contributed by atoms with van der Waals surface area (Å²) in [5.41, 5.74) is -1.60. The molecule has 0 spiro atoms. The Kier molecular flexibility index (Phi) is 10.0. The maximum Gasteiger partial charge on any atom is 0.254 e. The average Bonchev–Trinajstić information content (AvgIpc) is 4.00. The molecule has 2 saturated carbocycles. The highest BCUT2D eigenvalue weighted by molar-refractivity contribution is 7.91. The third kappa shape index (κ3) is 7.50. The molecular formula is C35H40Cl2N6O7S. The minimum absolute atomic E-state index is 0.0401. The maximum absolute atomic E-state index is 14.2. The molecule has 0 radical (unpaired) electrons. The van der Waals surface area contributed by atoms with Crippen LogP contribution < -0.4 is 24.8 Å². The van der Waals surface area contributed by atoms with Crippen molar-refractivity contribution in [2.24, 2.45) is 11.3 Å². The summed E-state index contributed by atoms with van der Waals surface area (Å²) >= 11 is 12.5. The van der Waals surface area contributed by atoms with Crippen molar-refractivity contribution in [3.63, 3.8) is 0 Å². The fourth-order valence-corrected chi connectivity index (χ4v) is 8.42. The third-order valence-electron chi connectivity index (χ3n) is 9.60. The molecule has 3 heterocycles. The molecule has 2 aromatic heterocycles. The first-order chi connectivity index (χ1) is 24.1. The van der Waals surface area contributed by atoms with Crippen molar-refractivity contribution in [1.29, 1.82) is 0 Å². The number of rotatable bonds is 12. The lowest BCUT2D eigenvalue weighted by Crippen LogP contribution is -2.59. The maximum atomic E-state index is 14.2. The highest BCUT2D eigenvalue weighted by atomic mass is 35.5. The van der Waals surface area contributed by atoms with Crippen LogP contribution in [0.1, 0.15) is 46.5 Å². The zero-order chi connectivity index (χ0) is 36.9. The minimum atomic E-state index is -3.91. The molecule has 3 aliphatic rings. The number of nitrogens with zero attached hydrogens (tertiary/aromatic N) is 3. The fourth-order valence-electron chi connectivity index (χ4n) is 6.72. The van der Waals surface area contributed by atoms with Crippen LogP contribution in [0.5, 0.6) is 11.6 Å². The van der Waals surface area contributed by atoms with Gasteiger partial charge in [0.15, 0.2) is 0 Å². The molecule has 0 bridgehead atoms. The Hall–Kier alpha value is -3.98. The Morgan fingerprint density at radius 3 is 2.47 bits per heavy atom. The Labute approximate surface area is 306 Å². The van der Waals surface area contributed by atoms with E-state index in [2.05, 4.69) is 31.9 Å². The zero-order valence-electron chi connectivity index (χ0n) is 28.6. The highest BCUT2D eigenvalue weighted by Gasteiger charge is 2.67. The number of amides is 3. The van der Waals surface area contributed by atoms with Gasteiger partial charge in [0.1, 0.15) is 23.4 Å². The molecule has 3 aromatic rings. The summed E-state index contributed by atoms with van der Waals surface area (Å²) in [6.45, 7) is 9.44. The molecule has 2 aliphatic carbocycles. The van der Waals surface area contributed by atoms with Crippen LogP contribution >= 0.6 is 23.2 Å². The number of methoxy groups -OCH3 is 1. The number of imide groups is 1. The summed E-state index contributed by atoms with van der Waals surface area (Å²) in [5.74, 6) is -1.75. The van der Waals surface area contributed by atoms with Gasteiger partial charge in [0.25, 0.3) is 5.91 Å². The van der Waals surface area contributed by atoms with E-state index in [0.29, 0.717) is 45.1 Å². The van der Waals surface area contributed by atoms with E-state index in [0.717, 1.165) is 0 Å². The Morgan fingerprint density at radius 2 is 1.84 bits per heavy atom. The Morgan fingerprint density at radius 1 is 1.10 bits per heavy atom. The van der Waals surface area contributed by atoms with E-state index in [4.69, 9.17) is 32.7 Å². The predicted octanol–water partition coefficient (Wildman–Crippen LogP) is 4.49. The summed E-state index contributed by atoms with van der Waals surface area (Å²) in [6.07, 6.45) is 6.58. The van der Waals surface area contributed by atoms with Crippen molar-refractivity contribution in [2.75, 3.05) is 19.0 Å². The van der Waals surface area contributed by atoms with Gasteiger partial charge in [-0.3, -0.25) is 34.3 Å². The lowest BCUT2D eigenvalue weighted by molar-refractivity contribution is -0.136. The summed E-state index contributed by atoms with van der Waals surface area (Å²) in [4.78, 5) is 52.2. The molecule has 3 fully saturated rings. The molecule has 51 heavy (non-hydrogen) atoms. The zero-order valence-corrected chi connectivity index (χ0v) is 30.9. The molecule has 16 heteroatoms. The molecule has 5 atom stereocenters. The second-order valence-corrected chi connectivity index (χ2v) is 17.1. The third-order valence-corrected chi connectivity index (χ3v) is 11.9. The van der Waals surface area contributed by atoms with Crippen molar-refractivity contribution < 1.29 is 32.3 Å². The number of sulfonamides is 1. The summed E-state index contributed by atoms with van der Waals surface area (Å²) in [7, 11) is -2.38. The predicted molar refractivity (Wildman–Crippen MR) is 193 cm³/mol. The van der Waals surface area contributed by atoms with Gasteiger partial charge in [-0.15, -0.1) is 6.58 Å². The Balaban J connectivity index is 1.32. The van der Waals surface area contributed by atoms with E-state index in [1.54, 1.807) is 35.2 Å². The SMILES string of the molecule is C=C[C@@H]1C[C@@]1(C(=O)NS(=O)(=O)C1CC1)N1C[C@H](Oc2ncc(OC)c3ccc(Cl)cc23)C[C@H]1C(=O)NC(=O)[C@@H](Nc1cncc(Cl)c1)C(C)(C)C. The number of hydrogen-bond donors (Lipinski definition) is 3. The lowest BCUT2D eigenvalue weighted by atomic mass is 9.86. The normalized spacial score (nSPS) is 24.0. The number of aromatic nitrogens is 2. The van der Waals surface area contributed by atoms with E-state index in [1.165, 1.54) is 25.7 Å². The first-order valence-electron chi connectivity index (χ1n) is 16.5. The van der Waals surface area contributed by atoms with Crippen LogP contribution in [-0.2, 0) is 24.4 Å². The van der Waals surface area contributed by atoms with Gasteiger partial charge in [-0.25, -0.2) is 13.4 Å². The Bertz CT molecular complexity index is 2000. The van der Waals surface area contributed by atoms with Crippen LogP contribution in [-0.4, -0.2) is 83.6 Å². The van der Waals surface area contributed by atoms with Crippen molar-refractivity contribution in [3.8, 4) is 11.6 Å². The number of carbonyl (C=O) groups is 3. The van der Waals surface area contributed by atoms with Gasteiger partial charge in [0.2, 0.25) is 27.7 Å². The van der Waals surface area contributed by atoms with Gasteiger partial charge in [-0.2, -0.15) is 0 Å². The molecule has 3 N–H and O–H groups in total. The first-order valence-corrected chi connectivity index (χ1v) is 18.8. The largest absolute Gasteiger partial charge is 0.494 e. The molecule has 0 unspecified atom stereocenters. The van der Waals surface area contributed by atoms with Crippen LogP contribution in [0.25, 0.3) is 10.8 Å². The number of anilines is 1. The average molecular weight is 760 g/mol. The van der Waals surface area contributed by atoms with Crippen molar-refractivity contribution in [1.82, 2.24) is 24.9 Å². The molecular weight excluding hydrogens is 719 g/mol. The summed E-state index contributed by atoms with van der Waals surface area (Å²) < 4.78 is 40.0. The molecule has 6 rings (SSSR count). The number of ether oxygens (including phenoxy) is 2. The molecule has 1 aliphatic heterocycles. The highest BCUT2D eigenvalue weighted by Crippen LogP contribution is 2.53. The number of benzene rings is 1. The van der Waals surface area contributed by atoms with E-state index in [-0.39, 0.29) is 25.3 Å². The number of nitrogens with one attached hydrogen (secondary N) is 3. The number of likely N-dealkylation sites (tertiary alicyclic amines) is 1. The van der Waals surface area contributed by atoms with Gasteiger partial charge in [-0.05, 0) is 48.9 Å². The van der Waals surface area contributed by atoms with Crippen molar-refractivity contribution >= 4 is 67.4 Å². The van der Waals surface area contributed by atoms with Crippen molar-refractivity contribution in [3.05, 3.63) is 65.6 Å². The molecule has 272 valence electrons. The van der Waals surface area contributed by atoms with Gasteiger partial charge < -0.3 is 14.8 Å². The smallest absolute Gasteiger partial charge is 0.254 e. The second-order valence-electron chi connectivity index (χ2n) is 14.3. The number of halogens is 2. The van der Waals surface area contributed by atoms with E-state index in [9.17, 15) is 22.8 Å². The van der Waals surface area contributed by atoms with E-state index in [1.807, 2.05) is 20.8 Å². The standard InChI is InChI=1S/C35H40Cl2N6O7S/c1-6-19-14-35(19,33(46)42-51(47,48)24-8-9-24)43-18-23(50-32-26-12-20(36)7-10-25(26)28(49-5)17-39-32)13-27(43)30(44)41-31(45)29(34(2,3)4)40-22-11-21(37)15-38-16-22/h6-7,10-12,15-17,19,23-24,27,29,40H,1,8-9,13-14,18H2,2-5H3,(H,42,46)(H,41,44,45)/t19-,23-,27+,29-,35-/m1/s1. The second kappa shape index (κ2) is 13.9. The van der Waals surface area contributed by atoms with Crippen LogP contribution in [0, 0.1) is 11.3 Å². The molecule has 13 nitrogen and oxygen atoms in total. The minimum Gasteiger partial charge on any atom is -0.494 e. The first kappa shape index (κ1) is 36.8. The van der Waals surface area contributed by atoms with Crippen LogP contribution in [0.2, 0.25) is 10.0 Å². The van der Waals surface area contributed by atoms with Gasteiger partial charge in [-0.1, -0.05) is 50.0 Å². The fraction of sp³-hybridized carbons (Fsp3) is 0.457. The summed E-state index contributed by atoms with van der Waals surface area (Å²) in [6, 6.07) is 4.84. The quantitative estimate of drug-likeness (QED) is 0.223. The topological polar surface area (TPSA) is 169 Å². The van der Waals surface area contributed by atoms with E-state index >= 15 is 0 Å². The van der Waals surface area contributed by atoms with Gasteiger partial charge in [0, 0.05) is 40.9 Å². The van der Waals surface area contributed by atoms with Gasteiger partial charge >= 0.3 is 0 Å². The number of carbonyl (C=O) groups excluding carboxylic acids is 3. The van der Waals surface area contributed by atoms with Crippen molar-refractivity contribution in [2.45, 2.75) is 75.4 Å². The molecule has 3 amide bonds. The lowest BCUT2D eigenvalue weighted by Gasteiger charge is -2.34. The van der Waals surface area contributed by atoms with Gasteiger partial charge in [0.05, 0.1) is 41.5 Å².